The quantitative estimate of drug-likeness (QED) is 0.644. The van der Waals surface area contributed by atoms with Crippen LogP contribution in [0, 0.1) is 28.8 Å². The van der Waals surface area contributed by atoms with Crippen LogP contribution < -0.4 is 5.32 Å². The molecule has 6 heteroatoms. The second kappa shape index (κ2) is 7.15. The predicted molar refractivity (Wildman–Crippen MR) is 78.8 cm³/mol. The van der Waals surface area contributed by atoms with Gasteiger partial charge < -0.3 is 5.32 Å². The second-order valence-electron chi connectivity index (χ2n) is 5.73. The molecule has 1 N–H and O–H groups in total. The van der Waals surface area contributed by atoms with Crippen molar-refractivity contribution in [1.29, 1.82) is 0 Å². The minimum atomic E-state index is -0.714. The maximum Gasteiger partial charge on any atom is 0.270 e. The second-order valence-corrected chi connectivity index (χ2v) is 5.73. The van der Waals surface area contributed by atoms with Crippen molar-refractivity contribution in [2.75, 3.05) is 0 Å². The molecule has 1 aromatic rings. The Bertz CT molecular complexity index is 544. The van der Waals surface area contributed by atoms with Gasteiger partial charge in [0.05, 0.1) is 10.5 Å². The number of nitrogens with one attached hydrogen (secondary N) is 1. The van der Waals surface area contributed by atoms with Crippen molar-refractivity contribution in [3.05, 3.63) is 39.2 Å². The number of non-ortho nitro benzene ring substituents is 1. The summed E-state index contributed by atoms with van der Waals surface area (Å²) in [6.45, 7) is 7.40. The standard InChI is InChI=1S/C15H21FN2O3/c1-9(2)5-6-11(4)17-15(19)13-8-12(18(20)21)7-10(3)14(13)16/h7-9,11H,5-6H2,1-4H3,(H,17,19). The number of aryl methyl sites for hydroxylation is 1. The summed E-state index contributed by atoms with van der Waals surface area (Å²) in [5, 5.41) is 13.5. The molecular weight excluding hydrogens is 275 g/mol. The Labute approximate surface area is 123 Å². The van der Waals surface area contributed by atoms with Gasteiger partial charge in [0.2, 0.25) is 0 Å². The third kappa shape index (κ3) is 4.81. The van der Waals surface area contributed by atoms with Gasteiger partial charge in [-0.1, -0.05) is 13.8 Å². The van der Waals surface area contributed by atoms with Crippen LogP contribution in [0.2, 0.25) is 0 Å². The highest BCUT2D eigenvalue weighted by Gasteiger charge is 2.20. The molecule has 0 heterocycles. The van der Waals surface area contributed by atoms with Crippen molar-refractivity contribution < 1.29 is 14.1 Å². The molecule has 0 spiro atoms. The highest BCUT2D eigenvalue weighted by molar-refractivity contribution is 5.95. The summed E-state index contributed by atoms with van der Waals surface area (Å²) in [6, 6.07) is 1.99. The van der Waals surface area contributed by atoms with E-state index in [0.717, 1.165) is 25.0 Å². The van der Waals surface area contributed by atoms with E-state index in [1.165, 1.54) is 6.92 Å². The van der Waals surface area contributed by atoms with Crippen LogP contribution in [0.5, 0.6) is 0 Å². The highest BCUT2D eigenvalue weighted by Crippen LogP contribution is 2.21. The van der Waals surface area contributed by atoms with Crippen LogP contribution in [-0.2, 0) is 0 Å². The molecule has 1 unspecified atom stereocenters. The minimum Gasteiger partial charge on any atom is -0.349 e. The summed E-state index contributed by atoms with van der Waals surface area (Å²) in [6.07, 6.45) is 1.72. The van der Waals surface area contributed by atoms with Crippen molar-refractivity contribution in [2.24, 2.45) is 5.92 Å². The molecule has 0 saturated carbocycles. The fourth-order valence-electron chi connectivity index (χ4n) is 1.98. The van der Waals surface area contributed by atoms with Crippen molar-refractivity contribution in [2.45, 2.75) is 46.6 Å². The van der Waals surface area contributed by atoms with E-state index in [1.807, 2.05) is 6.92 Å². The molecule has 0 aliphatic carbocycles. The minimum absolute atomic E-state index is 0.0872. The Hall–Kier alpha value is -1.98. The van der Waals surface area contributed by atoms with Crippen molar-refractivity contribution in [1.82, 2.24) is 5.32 Å². The summed E-state index contributed by atoms with van der Waals surface area (Å²) in [5.41, 5.74) is -0.476. The molecule has 0 radical (unpaired) electrons. The zero-order valence-corrected chi connectivity index (χ0v) is 12.8. The van der Waals surface area contributed by atoms with Crippen LogP contribution in [0.1, 0.15) is 49.5 Å². The Kier molecular flexibility index (Phi) is 5.81. The predicted octanol–water partition coefficient (Wildman–Crippen LogP) is 3.60. The summed E-state index contributed by atoms with van der Waals surface area (Å²) < 4.78 is 14.0. The Balaban J connectivity index is 2.89. The number of carbonyl (C=O) groups is 1. The first-order valence-electron chi connectivity index (χ1n) is 6.97. The first kappa shape index (κ1) is 17.1. The van der Waals surface area contributed by atoms with E-state index in [9.17, 15) is 19.3 Å². The topological polar surface area (TPSA) is 72.2 Å². The van der Waals surface area contributed by atoms with Crippen LogP contribution in [0.15, 0.2) is 12.1 Å². The van der Waals surface area contributed by atoms with Gasteiger partial charge in [-0.05, 0) is 38.2 Å². The van der Waals surface area contributed by atoms with Gasteiger partial charge in [0.1, 0.15) is 5.82 Å². The summed E-state index contributed by atoms with van der Waals surface area (Å²) >= 11 is 0. The van der Waals surface area contributed by atoms with Crippen molar-refractivity contribution in [3.63, 3.8) is 0 Å². The number of benzene rings is 1. The SMILES string of the molecule is Cc1cc([N+](=O)[O-])cc(C(=O)NC(C)CCC(C)C)c1F. The van der Waals surface area contributed by atoms with Gasteiger partial charge >= 0.3 is 0 Å². The molecule has 1 aromatic carbocycles. The molecule has 1 atom stereocenters. The van der Waals surface area contributed by atoms with Gasteiger partial charge in [-0.25, -0.2) is 4.39 Å². The van der Waals surface area contributed by atoms with E-state index in [1.54, 1.807) is 0 Å². The highest BCUT2D eigenvalue weighted by atomic mass is 19.1. The van der Waals surface area contributed by atoms with E-state index in [0.29, 0.717) is 5.92 Å². The van der Waals surface area contributed by atoms with E-state index in [2.05, 4.69) is 19.2 Å². The molecule has 1 rings (SSSR count). The number of hydrogen-bond donors (Lipinski definition) is 1. The lowest BCUT2D eigenvalue weighted by atomic mass is 10.0. The van der Waals surface area contributed by atoms with Crippen LogP contribution in [0.4, 0.5) is 10.1 Å². The molecule has 0 bridgehead atoms. The molecule has 1 amide bonds. The number of nitrogens with zero attached hydrogens (tertiary/aromatic N) is 1. The number of nitro groups is 1. The third-order valence-corrected chi connectivity index (χ3v) is 3.25. The summed E-state index contributed by atoms with van der Waals surface area (Å²) in [7, 11) is 0. The first-order chi connectivity index (χ1) is 9.72. The molecule has 0 saturated heterocycles. The van der Waals surface area contributed by atoms with Gasteiger partial charge in [-0.15, -0.1) is 0 Å². The average Bonchev–Trinajstić information content (AvgIpc) is 2.38. The lowest BCUT2D eigenvalue weighted by molar-refractivity contribution is -0.385. The number of nitro benzene ring substituents is 1. The Morgan fingerprint density at radius 2 is 1.95 bits per heavy atom. The van der Waals surface area contributed by atoms with E-state index in [-0.39, 0.29) is 22.9 Å². The average molecular weight is 296 g/mol. The van der Waals surface area contributed by atoms with Gasteiger partial charge in [-0.3, -0.25) is 14.9 Å². The molecule has 0 aromatic heterocycles. The molecular formula is C15H21FN2O3. The van der Waals surface area contributed by atoms with Crippen LogP contribution in [-0.4, -0.2) is 16.9 Å². The molecule has 0 aliphatic heterocycles. The summed E-state index contributed by atoms with van der Waals surface area (Å²) in [5.74, 6) is -0.814. The van der Waals surface area contributed by atoms with Crippen LogP contribution >= 0.6 is 0 Å². The zero-order chi connectivity index (χ0) is 16.2. The smallest absolute Gasteiger partial charge is 0.270 e. The van der Waals surface area contributed by atoms with Gasteiger partial charge in [0.15, 0.2) is 0 Å². The number of halogens is 1. The monoisotopic (exact) mass is 296 g/mol. The third-order valence-electron chi connectivity index (χ3n) is 3.25. The fraction of sp³-hybridized carbons (Fsp3) is 0.533. The van der Waals surface area contributed by atoms with E-state index in [4.69, 9.17) is 0 Å². The first-order valence-corrected chi connectivity index (χ1v) is 6.97. The maximum absolute atomic E-state index is 14.0. The number of rotatable bonds is 6. The van der Waals surface area contributed by atoms with Crippen molar-refractivity contribution in [3.8, 4) is 0 Å². The van der Waals surface area contributed by atoms with Crippen molar-refractivity contribution >= 4 is 11.6 Å². The molecule has 5 nitrogen and oxygen atoms in total. The fourth-order valence-corrected chi connectivity index (χ4v) is 1.98. The van der Waals surface area contributed by atoms with Gasteiger partial charge in [0.25, 0.3) is 11.6 Å². The Morgan fingerprint density at radius 3 is 2.48 bits per heavy atom. The lowest BCUT2D eigenvalue weighted by Crippen LogP contribution is -2.33. The van der Waals surface area contributed by atoms with Gasteiger partial charge in [0, 0.05) is 18.2 Å². The number of carbonyl (C=O) groups excluding carboxylic acids is 1. The normalized spacial score (nSPS) is 12.3. The molecule has 116 valence electrons. The molecule has 0 fully saturated rings. The molecule has 21 heavy (non-hydrogen) atoms. The lowest BCUT2D eigenvalue weighted by Gasteiger charge is -2.15. The largest absolute Gasteiger partial charge is 0.349 e. The molecule has 0 aliphatic rings. The van der Waals surface area contributed by atoms with E-state index < -0.39 is 16.6 Å². The maximum atomic E-state index is 14.0. The summed E-state index contributed by atoms with van der Waals surface area (Å²) in [4.78, 5) is 22.2. The number of hydrogen-bond acceptors (Lipinski definition) is 3. The number of amides is 1. The van der Waals surface area contributed by atoms with E-state index >= 15 is 0 Å². The van der Waals surface area contributed by atoms with Gasteiger partial charge in [-0.2, -0.15) is 0 Å². The zero-order valence-electron chi connectivity index (χ0n) is 12.8. The Morgan fingerprint density at radius 1 is 1.33 bits per heavy atom. The van der Waals surface area contributed by atoms with Crippen LogP contribution in [0.25, 0.3) is 0 Å². The van der Waals surface area contributed by atoms with Crippen LogP contribution in [0.3, 0.4) is 0 Å².